The van der Waals surface area contributed by atoms with Crippen LogP contribution in [0, 0.1) is 17.5 Å². The van der Waals surface area contributed by atoms with Crippen molar-refractivity contribution in [1.82, 2.24) is 20.1 Å². The molecule has 3 rings (SSSR count). The predicted octanol–water partition coefficient (Wildman–Crippen LogP) is 2.92. The largest absolute Gasteiger partial charge is 0.367 e. The van der Waals surface area contributed by atoms with E-state index in [0.717, 1.165) is 12.1 Å². The number of hydrogen-bond donors (Lipinski definition) is 3. The van der Waals surface area contributed by atoms with E-state index < -0.39 is 29.2 Å². The fraction of sp³-hybridized carbons (Fsp3) is 0.118. The van der Waals surface area contributed by atoms with Gasteiger partial charge in [-0.15, -0.1) is 10.2 Å². The van der Waals surface area contributed by atoms with Gasteiger partial charge in [0.25, 0.3) is 0 Å². The standard InChI is InChI=1S/C17H15F3N6O/c18-11-3-4-12(16(20)15(11)19)23-17(27)22-8-7-21-13-5-6-14(25-24-13)26-9-1-2-10-26/h1-6,9-10H,7-8H2,(H,21,24)(H2,22,23,27). The summed E-state index contributed by atoms with van der Waals surface area (Å²) in [6.07, 6.45) is 3.69. The van der Waals surface area contributed by atoms with Crippen LogP contribution in [0.25, 0.3) is 5.82 Å². The first-order chi connectivity index (χ1) is 13.0. The van der Waals surface area contributed by atoms with E-state index in [2.05, 4.69) is 26.1 Å². The Hall–Kier alpha value is -3.56. The van der Waals surface area contributed by atoms with E-state index in [1.54, 1.807) is 16.7 Å². The zero-order valence-electron chi connectivity index (χ0n) is 13.9. The van der Waals surface area contributed by atoms with Gasteiger partial charge in [0.05, 0.1) is 5.69 Å². The summed E-state index contributed by atoms with van der Waals surface area (Å²) in [4.78, 5) is 11.7. The Kier molecular flexibility index (Phi) is 5.55. The maximum Gasteiger partial charge on any atom is 0.319 e. The highest BCUT2D eigenvalue weighted by Gasteiger charge is 2.14. The molecule has 0 fully saturated rings. The molecule has 0 saturated carbocycles. The van der Waals surface area contributed by atoms with E-state index in [1.807, 2.05) is 24.5 Å². The summed E-state index contributed by atoms with van der Waals surface area (Å²) in [5.41, 5.74) is -0.453. The number of anilines is 2. The van der Waals surface area contributed by atoms with Crippen molar-refractivity contribution in [1.29, 1.82) is 0 Å². The summed E-state index contributed by atoms with van der Waals surface area (Å²) in [7, 11) is 0. The molecule has 0 bridgehead atoms. The van der Waals surface area contributed by atoms with Crippen molar-refractivity contribution in [3.05, 3.63) is 66.2 Å². The van der Waals surface area contributed by atoms with Crippen LogP contribution in [0.1, 0.15) is 0 Å². The molecule has 0 saturated heterocycles. The van der Waals surface area contributed by atoms with Crippen LogP contribution in [0.3, 0.4) is 0 Å². The van der Waals surface area contributed by atoms with Crippen molar-refractivity contribution in [2.45, 2.75) is 0 Å². The van der Waals surface area contributed by atoms with Gasteiger partial charge in [0, 0.05) is 25.5 Å². The third kappa shape index (κ3) is 4.54. The molecule has 140 valence electrons. The van der Waals surface area contributed by atoms with Crippen molar-refractivity contribution < 1.29 is 18.0 Å². The molecular formula is C17H15F3N6O. The Labute approximate surface area is 152 Å². The van der Waals surface area contributed by atoms with Crippen molar-refractivity contribution in [3.63, 3.8) is 0 Å². The summed E-state index contributed by atoms with van der Waals surface area (Å²) < 4.78 is 41.2. The average molecular weight is 376 g/mol. The van der Waals surface area contributed by atoms with E-state index in [-0.39, 0.29) is 6.54 Å². The van der Waals surface area contributed by atoms with Gasteiger partial charge in [-0.1, -0.05) is 0 Å². The highest BCUT2D eigenvalue weighted by Crippen LogP contribution is 2.19. The van der Waals surface area contributed by atoms with Gasteiger partial charge >= 0.3 is 6.03 Å². The molecule has 3 aromatic rings. The van der Waals surface area contributed by atoms with E-state index in [0.29, 0.717) is 18.2 Å². The summed E-state index contributed by atoms with van der Waals surface area (Å²) in [6, 6.07) is 8.17. The molecule has 0 aliphatic rings. The predicted molar refractivity (Wildman–Crippen MR) is 93.2 cm³/mol. The van der Waals surface area contributed by atoms with Crippen LogP contribution >= 0.6 is 0 Å². The van der Waals surface area contributed by atoms with Gasteiger partial charge < -0.3 is 20.5 Å². The number of amides is 2. The number of nitrogens with zero attached hydrogens (tertiary/aromatic N) is 3. The van der Waals surface area contributed by atoms with Crippen LogP contribution in [-0.4, -0.2) is 33.9 Å². The first kappa shape index (κ1) is 18.2. The molecule has 0 radical (unpaired) electrons. The Morgan fingerprint density at radius 2 is 1.74 bits per heavy atom. The number of aromatic nitrogens is 3. The highest BCUT2D eigenvalue weighted by atomic mass is 19.2. The monoisotopic (exact) mass is 376 g/mol. The SMILES string of the molecule is O=C(NCCNc1ccc(-n2cccc2)nn1)Nc1ccc(F)c(F)c1F. The maximum atomic E-state index is 13.5. The van der Waals surface area contributed by atoms with E-state index >= 15 is 0 Å². The van der Waals surface area contributed by atoms with E-state index in [1.165, 1.54) is 0 Å². The van der Waals surface area contributed by atoms with E-state index in [9.17, 15) is 18.0 Å². The van der Waals surface area contributed by atoms with Crippen LogP contribution in [0.2, 0.25) is 0 Å². The third-order valence-electron chi connectivity index (χ3n) is 3.52. The lowest BCUT2D eigenvalue weighted by Crippen LogP contribution is -2.33. The molecule has 7 nitrogen and oxygen atoms in total. The molecule has 0 aliphatic heterocycles. The first-order valence-electron chi connectivity index (χ1n) is 7.94. The Morgan fingerprint density at radius 3 is 2.44 bits per heavy atom. The Bertz CT molecular complexity index is 915. The quantitative estimate of drug-likeness (QED) is 0.456. The number of benzene rings is 1. The molecule has 3 N–H and O–H groups in total. The van der Waals surface area contributed by atoms with Gasteiger partial charge in [-0.25, -0.2) is 18.0 Å². The van der Waals surface area contributed by atoms with Gasteiger partial charge in [0.15, 0.2) is 23.3 Å². The number of halogens is 3. The smallest absolute Gasteiger partial charge is 0.319 e. The third-order valence-corrected chi connectivity index (χ3v) is 3.52. The second kappa shape index (κ2) is 8.21. The highest BCUT2D eigenvalue weighted by molar-refractivity contribution is 5.89. The molecule has 27 heavy (non-hydrogen) atoms. The van der Waals surface area contributed by atoms with Crippen molar-refractivity contribution in [2.24, 2.45) is 0 Å². The molecule has 0 aliphatic carbocycles. The molecule has 2 heterocycles. The Balaban J connectivity index is 1.43. The average Bonchev–Trinajstić information content (AvgIpc) is 3.21. The molecule has 0 atom stereocenters. The van der Waals surface area contributed by atoms with Gasteiger partial charge in [0.2, 0.25) is 0 Å². The van der Waals surface area contributed by atoms with Gasteiger partial charge in [-0.3, -0.25) is 0 Å². The van der Waals surface area contributed by atoms with Crippen LogP contribution in [0.15, 0.2) is 48.8 Å². The molecule has 2 aromatic heterocycles. The molecule has 0 unspecified atom stereocenters. The van der Waals surface area contributed by atoms with Crippen molar-refractivity contribution >= 4 is 17.5 Å². The minimum Gasteiger partial charge on any atom is -0.367 e. The molecule has 0 spiro atoms. The lowest BCUT2D eigenvalue weighted by Gasteiger charge is -2.10. The molecule has 2 amide bonds. The van der Waals surface area contributed by atoms with Gasteiger partial charge in [-0.2, -0.15) is 0 Å². The Morgan fingerprint density at radius 1 is 0.963 bits per heavy atom. The molecule has 10 heteroatoms. The minimum atomic E-state index is -1.64. The van der Waals surface area contributed by atoms with Crippen LogP contribution in [-0.2, 0) is 0 Å². The van der Waals surface area contributed by atoms with Crippen LogP contribution in [0.5, 0.6) is 0 Å². The molecule has 1 aromatic carbocycles. The van der Waals surface area contributed by atoms with Gasteiger partial charge in [-0.05, 0) is 36.4 Å². The normalized spacial score (nSPS) is 10.5. The van der Waals surface area contributed by atoms with Crippen LogP contribution in [0.4, 0.5) is 29.5 Å². The number of rotatable bonds is 6. The van der Waals surface area contributed by atoms with Crippen molar-refractivity contribution in [3.8, 4) is 5.82 Å². The summed E-state index contributed by atoms with van der Waals surface area (Å²) in [5, 5.41) is 15.6. The van der Waals surface area contributed by atoms with Crippen LogP contribution < -0.4 is 16.0 Å². The number of hydrogen-bond acceptors (Lipinski definition) is 4. The summed E-state index contributed by atoms with van der Waals surface area (Å²) in [6.45, 7) is 0.503. The number of nitrogens with one attached hydrogen (secondary N) is 3. The van der Waals surface area contributed by atoms with Crippen molar-refractivity contribution in [2.75, 3.05) is 23.7 Å². The zero-order valence-corrected chi connectivity index (χ0v) is 13.9. The second-order valence-electron chi connectivity index (χ2n) is 5.40. The number of carbonyl (C=O) groups is 1. The summed E-state index contributed by atoms with van der Waals surface area (Å²) in [5.74, 6) is -3.25. The maximum absolute atomic E-state index is 13.5. The fourth-order valence-electron chi connectivity index (χ4n) is 2.20. The van der Waals surface area contributed by atoms with E-state index in [4.69, 9.17) is 0 Å². The number of urea groups is 1. The topological polar surface area (TPSA) is 83.9 Å². The summed E-state index contributed by atoms with van der Waals surface area (Å²) >= 11 is 0. The minimum absolute atomic E-state index is 0.179. The number of carbonyl (C=O) groups excluding carboxylic acids is 1. The molecular weight excluding hydrogens is 361 g/mol. The lowest BCUT2D eigenvalue weighted by atomic mass is 10.3. The fourth-order valence-corrected chi connectivity index (χ4v) is 2.20. The second-order valence-corrected chi connectivity index (χ2v) is 5.40. The van der Waals surface area contributed by atoms with Gasteiger partial charge in [0.1, 0.15) is 5.82 Å². The lowest BCUT2D eigenvalue weighted by molar-refractivity contribution is 0.252. The first-order valence-corrected chi connectivity index (χ1v) is 7.94. The zero-order chi connectivity index (χ0) is 19.2.